The molecule has 18 heavy (non-hydrogen) atoms. The Hall–Kier alpha value is -0.970. The second-order valence-electron chi connectivity index (χ2n) is 5.25. The zero-order chi connectivity index (χ0) is 13.1. The Balaban J connectivity index is 2.06. The van der Waals surface area contributed by atoms with Crippen LogP contribution in [-0.4, -0.2) is 42.5 Å². The Kier molecular flexibility index (Phi) is 4.32. The van der Waals surface area contributed by atoms with Gasteiger partial charge in [0, 0.05) is 38.8 Å². The Morgan fingerprint density at radius 3 is 2.67 bits per heavy atom. The van der Waals surface area contributed by atoms with E-state index in [4.69, 9.17) is 5.73 Å². The molecule has 1 aliphatic heterocycles. The second kappa shape index (κ2) is 5.78. The van der Waals surface area contributed by atoms with Gasteiger partial charge in [-0.1, -0.05) is 6.07 Å². The van der Waals surface area contributed by atoms with Crippen LogP contribution in [0.2, 0.25) is 0 Å². The van der Waals surface area contributed by atoms with Gasteiger partial charge >= 0.3 is 0 Å². The maximum absolute atomic E-state index is 13.4. The summed E-state index contributed by atoms with van der Waals surface area (Å²) >= 11 is 0. The third kappa shape index (κ3) is 3.28. The zero-order valence-electron chi connectivity index (χ0n) is 11.2. The van der Waals surface area contributed by atoms with Crippen molar-refractivity contribution in [2.24, 2.45) is 5.73 Å². The fourth-order valence-electron chi connectivity index (χ4n) is 2.57. The van der Waals surface area contributed by atoms with Crippen molar-refractivity contribution >= 4 is 0 Å². The quantitative estimate of drug-likeness (QED) is 0.882. The van der Waals surface area contributed by atoms with Crippen molar-refractivity contribution in [2.75, 3.05) is 26.7 Å². The highest BCUT2D eigenvalue weighted by molar-refractivity contribution is 5.24. The number of nitrogens with two attached hydrogens (primary N) is 1. The summed E-state index contributed by atoms with van der Waals surface area (Å²) in [5, 5.41) is 0. The maximum atomic E-state index is 13.4. The summed E-state index contributed by atoms with van der Waals surface area (Å²) in [5.41, 5.74) is 7.47. The molecule has 3 nitrogen and oxygen atoms in total. The van der Waals surface area contributed by atoms with Gasteiger partial charge < -0.3 is 10.6 Å². The molecule has 1 atom stereocenters. The summed E-state index contributed by atoms with van der Waals surface area (Å²) in [5.74, 6) is -0.185. The van der Waals surface area contributed by atoms with Crippen LogP contribution in [0.5, 0.6) is 0 Å². The molecule has 0 saturated carbocycles. The lowest BCUT2D eigenvalue weighted by Gasteiger charge is -2.38. The maximum Gasteiger partial charge on any atom is 0.123 e. The summed E-state index contributed by atoms with van der Waals surface area (Å²) in [7, 11) is 2.14. The minimum Gasteiger partial charge on any atom is -0.326 e. The van der Waals surface area contributed by atoms with Crippen molar-refractivity contribution in [1.82, 2.24) is 9.80 Å². The van der Waals surface area contributed by atoms with Crippen molar-refractivity contribution in [1.29, 1.82) is 0 Å². The van der Waals surface area contributed by atoms with Gasteiger partial charge in [0.1, 0.15) is 5.82 Å². The molecule has 1 aromatic carbocycles. The van der Waals surface area contributed by atoms with E-state index >= 15 is 0 Å². The second-order valence-corrected chi connectivity index (χ2v) is 5.25. The fourth-order valence-corrected chi connectivity index (χ4v) is 2.57. The molecule has 1 aromatic rings. The normalized spacial score (nSPS) is 22.3. The first-order valence-corrected chi connectivity index (χ1v) is 6.49. The number of benzene rings is 1. The first-order chi connectivity index (χ1) is 8.58. The molecule has 0 aliphatic carbocycles. The highest BCUT2D eigenvalue weighted by Gasteiger charge is 2.21. The summed E-state index contributed by atoms with van der Waals surface area (Å²) in [4.78, 5) is 4.73. The van der Waals surface area contributed by atoms with Crippen molar-refractivity contribution in [3.63, 3.8) is 0 Å². The van der Waals surface area contributed by atoms with E-state index in [2.05, 4.69) is 23.8 Å². The topological polar surface area (TPSA) is 32.5 Å². The number of piperazine rings is 1. The standard InChI is InChI=1S/C14H22FN3/c1-11-9-17(2)3-4-18(11)10-13-5-12(8-16)6-14(15)7-13/h5-7,11H,3-4,8-10,16H2,1-2H3. The Morgan fingerprint density at radius 1 is 1.28 bits per heavy atom. The van der Waals surface area contributed by atoms with Crippen LogP contribution in [0, 0.1) is 5.82 Å². The Bertz CT molecular complexity index is 408. The lowest BCUT2D eigenvalue weighted by molar-refractivity contribution is 0.0937. The van der Waals surface area contributed by atoms with Gasteiger partial charge in [0.15, 0.2) is 0 Å². The molecule has 0 amide bonds. The number of nitrogens with zero attached hydrogens (tertiary/aromatic N) is 2. The first-order valence-electron chi connectivity index (χ1n) is 6.49. The van der Waals surface area contributed by atoms with E-state index in [1.807, 2.05) is 6.07 Å². The molecule has 4 heteroatoms. The molecule has 1 aliphatic rings. The number of hydrogen-bond acceptors (Lipinski definition) is 3. The highest BCUT2D eigenvalue weighted by atomic mass is 19.1. The predicted octanol–water partition coefficient (Wildman–Crippen LogP) is 1.42. The lowest BCUT2D eigenvalue weighted by atomic mass is 10.1. The van der Waals surface area contributed by atoms with Gasteiger partial charge in [0.25, 0.3) is 0 Å². The van der Waals surface area contributed by atoms with Crippen molar-refractivity contribution in [3.8, 4) is 0 Å². The van der Waals surface area contributed by atoms with Crippen LogP contribution in [0.4, 0.5) is 4.39 Å². The average molecular weight is 251 g/mol. The van der Waals surface area contributed by atoms with E-state index in [9.17, 15) is 4.39 Å². The van der Waals surface area contributed by atoms with Crippen LogP contribution in [0.3, 0.4) is 0 Å². The third-order valence-electron chi connectivity index (χ3n) is 3.61. The molecule has 1 fully saturated rings. The SMILES string of the molecule is CC1CN(C)CCN1Cc1cc(F)cc(CN)c1. The molecular weight excluding hydrogens is 229 g/mol. The molecular formula is C14H22FN3. The number of likely N-dealkylation sites (N-methyl/N-ethyl adjacent to an activating group) is 1. The Morgan fingerprint density at radius 2 is 2.00 bits per heavy atom. The monoisotopic (exact) mass is 251 g/mol. The smallest absolute Gasteiger partial charge is 0.123 e. The van der Waals surface area contributed by atoms with Crippen LogP contribution < -0.4 is 5.73 Å². The molecule has 2 N–H and O–H groups in total. The predicted molar refractivity (Wildman–Crippen MR) is 71.7 cm³/mol. The van der Waals surface area contributed by atoms with E-state index < -0.39 is 0 Å². The molecule has 0 bridgehead atoms. The van der Waals surface area contributed by atoms with Crippen LogP contribution in [0.15, 0.2) is 18.2 Å². The largest absolute Gasteiger partial charge is 0.326 e. The van der Waals surface area contributed by atoms with Gasteiger partial charge in [0.2, 0.25) is 0 Å². The van der Waals surface area contributed by atoms with Gasteiger partial charge in [-0.3, -0.25) is 4.90 Å². The van der Waals surface area contributed by atoms with Crippen molar-refractivity contribution < 1.29 is 4.39 Å². The highest BCUT2D eigenvalue weighted by Crippen LogP contribution is 2.15. The summed E-state index contributed by atoms with van der Waals surface area (Å²) < 4.78 is 13.4. The number of halogens is 1. The zero-order valence-corrected chi connectivity index (χ0v) is 11.2. The minimum atomic E-state index is -0.185. The summed E-state index contributed by atoms with van der Waals surface area (Å²) in [6.45, 7) is 6.59. The van der Waals surface area contributed by atoms with E-state index in [-0.39, 0.29) is 5.82 Å². The summed E-state index contributed by atoms with van der Waals surface area (Å²) in [6, 6.07) is 5.64. The van der Waals surface area contributed by atoms with Crippen LogP contribution >= 0.6 is 0 Å². The first kappa shape index (κ1) is 13.5. The molecule has 1 saturated heterocycles. The molecule has 0 aromatic heterocycles. The molecule has 2 rings (SSSR count). The van der Waals surface area contributed by atoms with Crippen LogP contribution in [0.1, 0.15) is 18.1 Å². The van der Waals surface area contributed by atoms with Gasteiger partial charge in [-0.05, 0) is 37.2 Å². The van der Waals surface area contributed by atoms with Crippen molar-refractivity contribution in [2.45, 2.75) is 26.1 Å². The van der Waals surface area contributed by atoms with Gasteiger partial charge in [-0.2, -0.15) is 0 Å². The lowest BCUT2D eigenvalue weighted by Crippen LogP contribution is -2.49. The van der Waals surface area contributed by atoms with E-state index in [0.29, 0.717) is 12.6 Å². The van der Waals surface area contributed by atoms with Crippen LogP contribution in [0.25, 0.3) is 0 Å². The molecule has 100 valence electrons. The number of hydrogen-bond donors (Lipinski definition) is 1. The van der Waals surface area contributed by atoms with E-state index in [0.717, 1.165) is 37.3 Å². The minimum absolute atomic E-state index is 0.185. The van der Waals surface area contributed by atoms with Gasteiger partial charge in [-0.25, -0.2) is 4.39 Å². The van der Waals surface area contributed by atoms with E-state index in [1.165, 1.54) is 6.07 Å². The average Bonchev–Trinajstić information content (AvgIpc) is 2.32. The Labute approximate surface area is 108 Å². The number of rotatable bonds is 3. The molecule has 1 heterocycles. The van der Waals surface area contributed by atoms with Gasteiger partial charge in [0.05, 0.1) is 0 Å². The van der Waals surface area contributed by atoms with Crippen LogP contribution in [-0.2, 0) is 13.1 Å². The molecule has 0 radical (unpaired) electrons. The van der Waals surface area contributed by atoms with Gasteiger partial charge in [-0.15, -0.1) is 0 Å². The molecule has 0 spiro atoms. The third-order valence-corrected chi connectivity index (χ3v) is 3.61. The summed E-state index contributed by atoms with van der Waals surface area (Å²) in [6.07, 6.45) is 0. The molecule has 1 unspecified atom stereocenters. The fraction of sp³-hybridized carbons (Fsp3) is 0.571. The van der Waals surface area contributed by atoms with Crippen molar-refractivity contribution in [3.05, 3.63) is 35.1 Å². The van der Waals surface area contributed by atoms with E-state index in [1.54, 1.807) is 6.07 Å².